The first-order valence-corrected chi connectivity index (χ1v) is 9.66. The summed E-state index contributed by atoms with van der Waals surface area (Å²) in [7, 11) is 0. The van der Waals surface area contributed by atoms with Crippen molar-refractivity contribution in [1.82, 2.24) is 4.90 Å². The molecule has 0 unspecified atom stereocenters. The normalized spacial score (nSPS) is 25.5. The van der Waals surface area contributed by atoms with Crippen molar-refractivity contribution in [2.45, 2.75) is 38.1 Å². The fraction of sp³-hybridized carbons (Fsp3) is 0.333. The van der Waals surface area contributed by atoms with Gasteiger partial charge in [-0.25, -0.2) is 0 Å². The van der Waals surface area contributed by atoms with E-state index >= 15 is 0 Å². The summed E-state index contributed by atoms with van der Waals surface area (Å²) in [5.41, 5.74) is 8.99. The van der Waals surface area contributed by atoms with Crippen LogP contribution in [0.2, 0.25) is 0 Å². The zero-order valence-corrected chi connectivity index (χ0v) is 14.7. The van der Waals surface area contributed by atoms with E-state index in [0.29, 0.717) is 6.04 Å². The number of allylic oxidation sites excluding steroid dienone is 6. The van der Waals surface area contributed by atoms with Gasteiger partial charge in [0.25, 0.3) is 0 Å². The van der Waals surface area contributed by atoms with Crippen molar-refractivity contribution in [1.29, 1.82) is 0 Å². The Balaban J connectivity index is 1.43. The van der Waals surface area contributed by atoms with Crippen LogP contribution in [0.25, 0.3) is 11.1 Å². The summed E-state index contributed by atoms with van der Waals surface area (Å²) < 4.78 is 0. The van der Waals surface area contributed by atoms with E-state index in [0.717, 1.165) is 6.42 Å². The predicted octanol–water partition coefficient (Wildman–Crippen LogP) is 5.54. The number of rotatable bonds is 2. The molecule has 4 aliphatic rings. The van der Waals surface area contributed by atoms with E-state index in [1.54, 1.807) is 11.1 Å². The molecule has 1 atom stereocenters. The third-order valence-corrected chi connectivity index (χ3v) is 6.08. The van der Waals surface area contributed by atoms with Gasteiger partial charge in [-0.2, -0.15) is 0 Å². The van der Waals surface area contributed by atoms with Gasteiger partial charge in [0, 0.05) is 19.1 Å². The quantitative estimate of drug-likeness (QED) is 0.689. The van der Waals surface area contributed by atoms with Gasteiger partial charge in [-0.3, -0.25) is 4.90 Å². The summed E-state index contributed by atoms with van der Waals surface area (Å²) in [5.74, 6) is 0. The Kier molecular flexibility index (Phi) is 3.83. The van der Waals surface area contributed by atoms with Crippen LogP contribution in [0.1, 0.15) is 43.2 Å². The van der Waals surface area contributed by atoms with E-state index in [-0.39, 0.29) is 0 Å². The molecule has 0 aromatic heterocycles. The minimum absolute atomic E-state index is 0.583. The van der Waals surface area contributed by atoms with Gasteiger partial charge in [-0.15, -0.1) is 0 Å². The third kappa shape index (κ3) is 2.87. The maximum Gasteiger partial charge on any atom is 0.0328 e. The lowest BCUT2D eigenvalue weighted by atomic mass is 9.84. The first kappa shape index (κ1) is 15.2. The molecule has 5 rings (SSSR count). The molecule has 0 spiro atoms. The van der Waals surface area contributed by atoms with Gasteiger partial charge in [-0.1, -0.05) is 60.2 Å². The van der Waals surface area contributed by atoms with Crippen LogP contribution >= 0.6 is 0 Å². The van der Waals surface area contributed by atoms with Gasteiger partial charge in [0.05, 0.1) is 0 Å². The predicted molar refractivity (Wildman–Crippen MR) is 106 cm³/mol. The second kappa shape index (κ2) is 6.31. The Morgan fingerprint density at radius 3 is 2.88 bits per heavy atom. The molecule has 1 aromatic carbocycles. The van der Waals surface area contributed by atoms with E-state index in [4.69, 9.17) is 0 Å². The first-order valence-electron chi connectivity index (χ1n) is 9.66. The number of benzene rings is 1. The molecule has 1 heteroatoms. The maximum atomic E-state index is 2.69. The molecule has 0 bridgehead atoms. The molecular weight excluding hydrogens is 302 g/mol. The van der Waals surface area contributed by atoms with Crippen molar-refractivity contribution < 1.29 is 0 Å². The zero-order valence-electron chi connectivity index (χ0n) is 14.7. The third-order valence-electron chi connectivity index (χ3n) is 6.08. The summed E-state index contributed by atoms with van der Waals surface area (Å²) in [4.78, 5) is 2.69. The van der Waals surface area contributed by atoms with Crippen molar-refractivity contribution in [2.24, 2.45) is 0 Å². The largest absolute Gasteiger partial charge is 0.292 e. The van der Waals surface area contributed by atoms with Crippen molar-refractivity contribution >= 4 is 11.1 Å². The summed E-state index contributed by atoms with van der Waals surface area (Å²) in [5, 5.41) is 0. The van der Waals surface area contributed by atoms with E-state index in [1.807, 2.05) is 0 Å². The van der Waals surface area contributed by atoms with Crippen LogP contribution in [-0.4, -0.2) is 24.0 Å². The molecule has 0 saturated heterocycles. The van der Waals surface area contributed by atoms with Crippen LogP contribution in [0.15, 0.2) is 71.9 Å². The Labute approximate surface area is 150 Å². The van der Waals surface area contributed by atoms with Crippen molar-refractivity contribution in [3.63, 3.8) is 0 Å². The molecule has 0 fully saturated rings. The fourth-order valence-electron chi connectivity index (χ4n) is 4.67. The molecule has 25 heavy (non-hydrogen) atoms. The fourth-order valence-corrected chi connectivity index (χ4v) is 4.67. The molecule has 1 nitrogen and oxygen atoms in total. The Bertz CT molecular complexity index is 847. The summed E-state index contributed by atoms with van der Waals surface area (Å²) >= 11 is 0. The molecule has 126 valence electrons. The molecule has 0 radical (unpaired) electrons. The molecular formula is C24H25N. The van der Waals surface area contributed by atoms with Gasteiger partial charge in [0.1, 0.15) is 0 Å². The average molecular weight is 327 g/mol. The monoisotopic (exact) mass is 327 g/mol. The molecule has 0 amide bonds. The Morgan fingerprint density at radius 2 is 1.96 bits per heavy atom. The van der Waals surface area contributed by atoms with Gasteiger partial charge in [0.2, 0.25) is 0 Å². The molecule has 0 saturated carbocycles. The lowest BCUT2D eigenvalue weighted by Gasteiger charge is -2.40. The highest BCUT2D eigenvalue weighted by Gasteiger charge is 2.29. The van der Waals surface area contributed by atoms with Crippen LogP contribution in [0.3, 0.4) is 0 Å². The van der Waals surface area contributed by atoms with Crippen LogP contribution in [0.5, 0.6) is 0 Å². The van der Waals surface area contributed by atoms with E-state index in [9.17, 15) is 0 Å². The van der Waals surface area contributed by atoms with Crippen LogP contribution in [0, 0.1) is 0 Å². The molecule has 2 heterocycles. The lowest BCUT2D eigenvalue weighted by molar-refractivity contribution is 0.228. The van der Waals surface area contributed by atoms with Crippen LogP contribution in [0.4, 0.5) is 0 Å². The molecule has 2 aliphatic carbocycles. The summed E-state index contributed by atoms with van der Waals surface area (Å²) in [6, 6.07) is 9.72. The number of hydrogen-bond donors (Lipinski definition) is 0. The highest BCUT2D eigenvalue weighted by atomic mass is 15.2. The van der Waals surface area contributed by atoms with Crippen molar-refractivity contribution in [3.05, 3.63) is 83.0 Å². The van der Waals surface area contributed by atoms with Crippen molar-refractivity contribution in [3.8, 4) is 0 Å². The number of hydrogen-bond acceptors (Lipinski definition) is 1. The minimum atomic E-state index is 0.583. The molecule has 0 N–H and O–H groups in total. The topological polar surface area (TPSA) is 3.24 Å². The highest BCUT2D eigenvalue weighted by molar-refractivity contribution is 5.79. The number of nitrogens with zero attached hydrogens (tertiary/aromatic N) is 1. The SMILES string of the molecule is C1=CC(c2cccc(C3=C[C@H]4CC5=C(CCC=C5)CN4CC3)c2)=CC1. The standard InChI is InChI=1S/C24H25N/c1-2-7-18(6-1)19-10-5-11-20(14-19)22-12-13-25-17-23-9-4-3-8-21(23)15-24(25)16-22/h1,3,5-8,10-11,14,16,24H,2,4,9,12-13,15,17H2/t24-/m1/s1. The van der Waals surface area contributed by atoms with E-state index < -0.39 is 0 Å². The van der Waals surface area contributed by atoms with E-state index in [2.05, 4.69) is 65.6 Å². The van der Waals surface area contributed by atoms with Gasteiger partial charge in [-0.05, 0) is 66.0 Å². The van der Waals surface area contributed by atoms with Crippen LogP contribution in [-0.2, 0) is 0 Å². The first-order chi connectivity index (χ1) is 12.4. The van der Waals surface area contributed by atoms with Crippen LogP contribution < -0.4 is 0 Å². The van der Waals surface area contributed by atoms with Crippen molar-refractivity contribution in [2.75, 3.05) is 13.1 Å². The van der Waals surface area contributed by atoms with Gasteiger partial charge < -0.3 is 0 Å². The van der Waals surface area contributed by atoms with Gasteiger partial charge >= 0.3 is 0 Å². The number of fused-ring (bicyclic) bond motifs is 1. The summed E-state index contributed by atoms with van der Waals surface area (Å²) in [6.45, 7) is 2.38. The second-order valence-corrected chi connectivity index (χ2v) is 7.63. The Hall–Kier alpha value is -2.12. The highest BCUT2D eigenvalue weighted by Crippen LogP contribution is 2.36. The molecule has 2 aliphatic heterocycles. The lowest BCUT2D eigenvalue weighted by Crippen LogP contribution is -2.42. The van der Waals surface area contributed by atoms with E-state index in [1.165, 1.54) is 61.0 Å². The Morgan fingerprint density at radius 1 is 1.00 bits per heavy atom. The second-order valence-electron chi connectivity index (χ2n) is 7.63. The minimum Gasteiger partial charge on any atom is -0.292 e. The average Bonchev–Trinajstić information content (AvgIpc) is 3.21. The maximum absolute atomic E-state index is 2.69. The zero-order chi connectivity index (χ0) is 16.6. The molecule has 1 aromatic rings. The smallest absolute Gasteiger partial charge is 0.0328 e. The van der Waals surface area contributed by atoms with Gasteiger partial charge in [0.15, 0.2) is 0 Å². The summed E-state index contributed by atoms with van der Waals surface area (Å²) in [6.07, 6.45) is 20.1.